The number of esters is 1. The molecule has 49 heavy (non-hydrogen) atoms. The van der Waals surface area contributed by atoms with Crippen LogP contribution in [0.5, 0.6) is 0 Å². The van der Waals surface area contributed by atoms with Crippen molar-refractivity contribution in [1.82, 2.24) is 0 Å². The molecule has 0 bridgehead atoms. The Morgan fingerprint density at radius 1 is 1.04 bits per heavy atom. The van der Waals surface area contributed by atoms with Gasteiger partial charge in [-0.1, -0.05) is 77.0 Å². The van der Waals surface area contributed by atoms with Crippen LogP contribution >= 0.6 is 0 Å². The highest BCUT2D eigenvalue weighted by atomic mass is 16.7. The minimum absolute atomic E-state index is 0.00231. The van der Waals surface area contributed by atoms with E-state index in [0.717, 1.165) is 24.8 Å². The van der Waals surface area contributed by atoms with Crippen LogP contribution in [0.15, 0.2) is 48.1 Å². The summed E-state index contributed by atoms with van der Waals surface area (Å²) in [5.41, 5.74) is 0.960. The molecule has 0 amide bonds. The predicted octanol–water partition coefficient (Wildman–Crippen LogP) is 4.31. The van der Waals surface area contributed by atoms with Crippen molar-refractivity contribution in [2.24, 2.45) is 23.7 Å². The Balaban J connectivity index is 1.60. The molecule has 0 radical (unpaired) electrons. The molecule has 0 saturated carbocycles. The highest BCUT2D eigenvalue weighted by Crippen LogP contribution is 2.33. The van der Waals surface area contributed by atoms with Crippen LogP contribution in [0, 0.1) is 23.7 Å². The molecule has 0 unspecified atom stereocenters. The molecule has 15 atom stereocenters. The maximum Gasteiger partial charge on any atom is 0.331 e. The highest BCUT2D eigenvalue weighted by Gasteiger charge is 2.48. The number of carbonyl (C=O) groups excluding carboxylic acids is 2. The first-order valence-corrected chi connectivity index (χ1v) is 17.9. The molecule has 0 aromatic heterocycles. The minimum atomic E-state index is -1.46. The van der Waals surface area contributed by atoms with Crippen LogP contribution in [0.3, 0.4) is 0 Å². The Kier molecular flexibility index (Phi) is 16.3. The lowest BCUT2D eigenvalue weighted by atomic mass is 9.83. The van der Waals surface area contributed by atoms with Crippen molar-refractivity contribution < 1.29 is 53.7 Å². The van der Waals surface area contributed by atoms with Gasteiger partial charge in [0, 0.05) is 30.8 Å². The van der Waals surface area contributed by atoms with Crippen LogP contribution in [0.1, 0.15) is 87.5 Å². The number of ether oxygens (including phenoxy) is 5. The third-order valence-electron chi connectivity index (χ3n) is 9.69. The molecule has 0 aromatic carbocycles. The molecule has 2 fully saturated rings. The summed E-state index contributed by atoms with van der Waals surface area (Å²) in [5, 5.41) is 42.3. The molecule has 2 saturated heterocycles. The maximum atomic E-state index is 13.7. The van der Waals surface area contributed by atoms with E-state index in [2.05, 4.69) is 26.0 Å². The summed E-state index contributed by atoms with van der Waals surface area (Å²) in [6.45, 7) is 15.1. The smallest absolute Gasteiger partial charge is 0.331 e. The zero-order valence-corrected chi connectivity index (χ0v) is 30.4. The fraction of sp³-hybridized carbons (Fsp3) is 0.737. The van der Waals surface area contributed by atoms with Gasteiger partial charge in [-0.3, -0.25) is 4.79 Å². The zero-order valence-electron chi connectivity index (χ0n) is 30.4. The number of hydrogen-bond acceptors (Lipinski definition) is 11. The maximum absolute atomic E-state index is 13.7. The second-order valence-electron chi connectivity index (χ2n) is 14.2. The average Bonchev–Trinajstić information content (AvgIpc) is 3.05. The van der Waals surface area contributed by atoms with Gasteiger partial charge in [0.15, 0.2) is 12.6 Å². The lowest BCUT2D eigenvalue weighted by molar-refractivity contribution is -0.343. The standard InChI is InChI=1S/C38H60O11/c1-9-12-23(4)36(49-38-35(44)34(43)37(27(8)46-38)48-31-20-29(39)33(42)26(7)45-31)25(6)32(41)24(5)19-22(3)14-10-13-21(2)17-18-28-15-11-16-30(40)47-28/h10-11,14,16-19,21,23-29,31,33-39,42-44H,9,12-13,15,20H2,1-8H3/b14-10+,18-17+,22-19+/t21-,23-,24+,25+,26+,27+,28+,29+,31-,33+,34+,35+,36+,37-,38-/m0/s1. The minimum Gasteiger partial charge on any atom is -0.455 e. The number of hydrogen-bond donors (Lipinski definition) is 4. The van der Waals surface area contributed by atoms with Crippen molar-refractivity contribution >= 4 is 11.8 Å². The largest absolute Gasteiger partial charge is 0.455 e. The summed E-state index contributed by atoms with van der Waals surface area (Å²) >= 11 is 0. The van der Waals surface area contributed by atoms with E-state index in [4.69, 9.17) is 23.7 Å². The fourth-order valence-corrected chi connectivity index (χ4v) is 6.74. The van der Waals surface area contributed by atoms with Crippen LogP contribution in [0.2, 0.25) is 0 Å². The topological polar surface area (TPSA) is 161 Å². The van der Waals surface area contributed by atoms with Crippen molar-refractivity contribution in [2.45, 2.75) is 155 Å². The van der Waals surface area contributed by atoms with Crippen molar-refractivity contribution in [3.05, 3.63) is 48.1 Å². The summed E-state index contributed by atoms with van der Waals surface area (Å²) < 4.78 is 29.2. The molecule has 0 aromatic rings. The number of carbonyl (C=O) groups is 2. The normalized spacial score (nSPS) is 36.0. The van der Waals surface area contributed by atoms with E-state index in [1.54, 1.807) is 13.8 Å². The number of rotatable bonds is 16. The monoisotopic (exact) mass is 692 g/mol. The van der Waals surface area contributed by atoms with Gasteiger partial charge in [0.1, 0.15) is 36.3 Å². The number of cyclic esters (lactones) is 1. The molecular formula is C38H60O11. The van der Waals surface area contributed by atoms with Gasteiger partial charge in [-0.05, 0) is 51.5 Å². The van der Waals surface area contributed by atoms with Crippen molar-refractivity contribution in [3.63, 3.8) is 0 Å². The quantitative estimate of drug-likeness (QED) is 0.104. The van der Waals surface area contributed by atoms with Crippen LogP contribution in [-0.4, -0.2) is 99.7 Å². The fourth-order valence-electron chi connectivity index (χ4n) is 6.74. The molecule has 0 aliphatic carbocycles. The first-order valence-electron chi connectivity index (χ1n) is 17.9. The lowest BCUT2D eigenvalue weighted by Gasteiger charge is -2.45. The Morgan fingerprint density at radius 3 is 2.41 bits per heavy atom. The predicted molar refractivity (Wildman–Crippen MR) is 184 cm³/mol. The highest BCUT2D eigenvalue weighted by molar-refractivity contribution is 5.85. The van der Waals surface area contributed by atoms with E-state index >= 15 is 0 Å². The summed E-state index contributed by atoms with van der Waals surface area (Å²) in [7, 11) is 0. The van der Waals surface area contributed by atoms with Crippen molar-refractivity contribution in [1.29, 1.82) is 0 Å². The summed E-state index contributed by atoms with van der Waals surface area (Å²) in [5.74, 6) is -1.03. The van der Waals surface area contributed by atoms with Gasteiger partial charge in [0.2, 0.25) is 0 Å². The molecule has 11 nitrogen and oxygen atoms in total. The van der Waals surface area contributed by atoms with E-state index in [1.807, 2.05) is 52.0 Å². The molecule has 4 N–H and O–H groups in total. The number of aliphatic hydroxyl groups excluding tert-OH is 4. The third-order valence-corrected chi connectivity index (χ3v) is 9.69. The Bertz CT molecular complexity index is 1170. The summed E-state index contributed by atoms with van der Waals surface area (Å²) in [6, 6.07) is 0. The van der Waals surface area contributed by atoms with Crippen LogP contribution in [0.4, 0.5) is 0 Å². The van der Waals surface area contributed by atoms with Gasteiger partial charge in [0.25, 0.3) is 0 Å². The van der Waals surface area contributed by atoms with E-state index in [0.29, 0.717) is 6.42 Å². The summed E-state index contributed by atoms with van der Waals surface area (Å²) in [4.78, 5) is 25.2. The second-order valence-corrected chi connectivity index (χ2v) is 14.2. The average molecular weight is 693 g/mol. The summed E-state index contributed by atoms with van der Waals surface area (Å²) in [6.07, 6.45) is 6.19. The molecule has 3 aliphatic rings. The second kappa shape index (κ2) is 19.4. The van der Waals surface area contributed by atoms with E-state index in [-0.39, 0.29) is 36.1 Å². The van der Waals surface area contributed by atoms with E-state index < -0.39 is 73.2 Å². The number of ketones is 1. The molecule has 3 rings (SSSR count). The van der Waals surface area contributed by atoms with Gasteiger partial charge in [-0.2, -0.15) is 0 Å². The lowest BCUT2D eigenvalue weighted by Crippen LogP contribution is -2.61. The first-order chi connectivity index (χ1) is 23.1. The van der Waals surface area contributed by atoms with Gasteiger partial charge in [-0.15, -0.1) is 0 Å². The molecule has 3 aliphatic heterocycles. The van der Waals surface area contributed by atoms with Gasteiger partial charge < -0.3 is 44.1 Å². The number of Topliss-reactive ketones (excluding diaryl/α,β-unsaturated/α-hetero) is 1. The van der Waals surface area contributed by atoms with E-state index in [9.17, 15) is 30.0 Å². The van der Waals surface area contributed by atoms with E-state index in [1.165, 1.54) is 6.08 Å². The van der Waals surface area contributed by atoms with Crippen molar-refractivity contribution in [2.75, 3.05) is 0 Å². The Hall–Kier alpha value is -2.22. The van der Waals surface area contributed by atoms with Crippen molar-refractivity contribution in [3.8, 4) is 0 Å². The number of allylic oxidation sites excluding steroid dienone is 5. The van der Waals surface area contributed by atoms with Gasteiger partial charge in [0.05, 0.1) is 24.4 Å². The molecule has 0 spiro atoms. The third kappa shape index (κ3) is 11.9. The van der Waals surface area contributed by atoms with Gasteiger partial charge in [-0.25, -0.2) is 4.79 Å². The molecule has 278 valence electrons. The Morgan fingerprint density at radius 2 is 1.76 bits per heavy atom. The Labute approximate surface area is 292 Å². The van der Waals surface area contributed by atoms with Gasteiger partial charge >= 0.3 is 5.97 Å². The molecule has 11 heteroatoms. The van der Waals surface area contributed by atoms with Crippen LogP contribution in [-0.2, 0) is 33.3 Å². The molecule has 3 heterocycles. The van der Waals surface area contributed by atoms with Crippen LogP contribution in [0.25, 0.3) is 0 Å². The SMILES string of the molecule is CCC[C@H](C)[C@@H](O[C@@H]1O[C@H](C)[C@H](O[C@H]2C[C@@H](O)[C@H](O)[C@@H](C)O2)[C@H](O)[C@H]1O)[C@H](C)C(=O)[C@H](C)/C=C(C)/C=C/C[C@H](C)/C=C/[C@H]1CC=CC(=O)O1. The first kappa shape index (κ1) is 41.2. The number of aliphatic hydroxyl groups is 4. The van der Waals surface area contributed by atoms with Crippen LogP contribution < -0.4 is 0 Å². The molecular weight excluding hydrogens is 632 g/mol. The zero-order chi connectivity index (χ0) is 36.4.